The van der Waals surface area contributed by atoms with Gasteiger partial charge in [0, 0.05) is 25.4 Å². The molecule has 2 rings (SSSR count). The number of carbonyl (C=O) groups excluding carboxylic acids is 3. The smallest absolute Gasteiger partial charge is 0.416 e. The van der Waals surface area contributed by atoms with Crippen LogP contribution in [0.15, 0.2) is 30.7 Å². The standard InChI is InChI=1S/C22H25F6N5O4/c1-11(2)17(18(34)31-16(19(35)37-4)8-15-9-33(3)10-29-15)32-20(36)30-14-6-12(21(23,24)25)5-13(7-14)22(26,27)28/h5-7,9-11,16-17H,8H2,1-4H3,(H,31,34)(H2,30,32,36)/t16?,17-/m0/s1. The summed E-state index contributed by atoms with van der Waals surface area (Å²) in [5.41, 5.74) is -3.57. The number of benzene rings is 1. The largest absolute Gasteiger partial charge is 0.467 e. The van der Waals surface area contributed by atoms with Crippen molar-refractivity contribution in [3.05, 3.63) is 47.5 Å². The fourth-order valence-electron chi connectivity index (χ4n) is 3.25. The van der Waals surface area contributed by atoms with E-state index in [9.17, 15) is 40.7 Å². The number of carbonyl (C=O) groups is 3. The number of alkyl halides is 6. The second kappa shape index (κ2) is 11.5. The Morgan fingerprint density at radius 3 is 2.00 bits per heavy atom. The van der Waals surface area contributed by atoms with E-state index in [1.54, 1.807) is 17.8 Å². The number of anilines is 1. The van der Waals surface area contributed by atoms with Gasteiger partial charge in [-0.15, -0.1) is 0 Å². The minimum atomic E-state index is -5.11. The van der Waals surface area contributed by atoms with Gasteiger partial charge in [-0.3, -0.25) is 4.79 Å². The molecule has 0 aliphatic rings. The van der Waals surface area contributed by atoms with E-state index in [1.807, 2.05) is 5.32 Å². The average Bonchev–Trinajstić information content (AvgIpc) is 3.19. The molecule has 3 amide bonds. The van der Waals surface area contributed by atoms with E-state index < -0.39 is 65.1 Å². The summed E-state index contributed by atoms with van der Waals surface area (Å²) >= 11 is 0. The Kier molecular flexibility index (Phi) is 9.17. The second-order valence-corrected chi connectivity index (χ2v) is 8.43. The Labute approximate surface area is 207 Å². The summed E-state index contributed by atoms with van der Waals surface area (Å²) in [5.74, 6) is -2.22. The summed E-state index contributed by atoms with van der Waals surface area (Å²) in [7, 11) is 2.80. The summed E-state index contributed by atoms with van der Waals surface area (Å²) in [6, 6.07) is -3.15. The monoisotopic (exact) mass is 537 g/mol. The number of halogens is 6. The van der Waals surface area contributed by atoms with Gasteiger partial charge in [0.25, 0.3) is 0 Å². The van der Waals surface area contributed by atoms with Crippen LogP contribution in [-0.4, -0.2) is 46.7 Å². The summed E-state index contributed by atoms with van der Waals surface area (Å²) in [5, 5.41) is 6.55. The van der Waals surface area contributed by atoms with Crippen molar-refractivity contribution >= 4 is 23.6 Å². The van der Waals surface area contributed by atoms with Gasteiger partial charge < -0.3 is 25.3 Å². The highest BCUT2D eigenvalue weighted by atomic mass is 19.4. The van der Waals surface area contributed by atoms with E-state index >= 15 is 0 Å². The molecule has 0 aliphatic carbocycles. The van der Waals surface area contributed by atoms with Crippen molar-refractivity contribution in [2.24, 2.45) is 13.0 Å². The lowest BCUT2D eigenvalue weighted by Gasteiger charge is -2.24. The Hall–Kier alpha value is -3.78. The topological polar surface area (TPSA) is 114 Å². The van der Waals surface area contributed by atoms with Gasteiger partial charge in [-0.1, -0.05) is 13.8 Å². The van der Waals surface area contributed by atoms with Gasteiger partial charge in [-0.05, 0) is 24.1 Å². The van der Waals surface area contributed by atoms with Gasteiger partial charge in [-0.2, -0.15) is 26.3 Å². The first-order valence-corrected chi connectivity index (χ1v) is 10.7. The number of hydrogen-bond acceptors (Lipinski definition) is 5. The number of aromatic nitrogens is 2. The average molecular weight is 537 g/mol. The molecule has 1 heterocycles. The van der Waals surface area contributed by atoms with Crippen LogP contribution in [0.3, 0.4) is 0 Å². The molecule has 0 saturated heterocycles. The fraction of sp³-hybridized carbons (Fsp3) is 0.455. The zero-order valence-corrected chi connectivity index (χ0v) is 20.1. The predicted octanol–water partition coefficient (Wildman–Crippen LogP) is 3.50. The highest BCUT2D eigenvalue weighted by Crippen LogP contribution is 2.37. The maximum Gasteiger partial charge on any atom is 0.416 e. The normalized spacial score (nSPS) is 13.6. The van der Waals surface area contributed by atoms with Crippen molar-refractivity contribution in [1.82, 2.24) is 20.2 Å². The van der Waals surface area contributed by atoms with Crippen molar-refractivity contribution in [3.8, 4) is 0 Å². The van der Waals surface area contributed by atoms with E-state index in [0.29, 0.717) is 17.8 Å². The van der Waals surface area contributed by atoms with Crippen molar-refractivity contribution < 1.29 is 45.5 Å². The van der Waals surface area contributed by atoms with Crippen LogP contribution in [0, 0.1) is 5.92 Å². The number of rotatable bonds is 8. The van der Waals surface area contributed by atoms with Crippen LogP contribution in [0.5, 0.6) is 0 Å². The van der Waals surface area contributed by atoms with E-state index in [0.717, 1.165) is 7.11 Å². The lowest BCUT2D eigenvalue weighted by molar-refractivity contribution is -0.145. The molecule has 0 saturated carbocycles. The number of aryl methyl sites for hydroxylation is 1. The molecule has 0 radical (unpaired) electrons. The minimum absolute atomic E-state index is 0.0410. The van der Waals surface area contributed by atoms with Gasteiger partial charge in [0.05, 0.1) is 30.3 Å². The van der Waals surface area contributed by atoms with E-state index in [2.05, 4.69) is 15.6 Å². The van der Waals surface area contributed by atoms with Gasteiger partial charge in [-0.25, -0.2) is 14.6 Å². The molecule has 1 aromatic heterocycles. The molecule has 0 bridgehead atoms. The summed E-state index contributed by atoms with van der Waals surface area (Å²) in [6.45, 7) is 3.06. The molecule has 204 valence electrons. The number of amides is 3. The number of methoxy groups -OCH3 is 1. The first kappa shape index (κ1) is 29.5. The first-order valence-electron chi connectivity index (χ1n) is 10.7. The number of nitrogens with one attached hydrogen (secondary N) is 3. The molecule has 1 aromatic carbocycles. The van der Waals surface area contributed by atoms with Crippen molar-refractivity contribution in [2.45, 2.75) is 44.7 Å². The minimum Gasteiger partial charge on any atom is -0.467 e. The van der Waals surface area contributed by atoms with Crippen molar-refractivity contribution in [3.63, 3.8) is 0 Å². The van der Waals surface area contributed by atoms with Gasteiger partial charge in [0.1, 0.15) is 12.1 Å². The van der Waals surface area contributed by atoms with Crippen LogP contribution in [0.1, 0.15) is 30.7 Å². The molecule has 3 N–H and O–H groups in total. The summed E-state index contributed by atoms with van der Waals surface area (Å²) in [6.07, 6.45) is -7.17. The third-order valence-corrected chi connectivity index (χ3v) is 5.06. The third-order valence-electron chi connectivity index (χ3n) is 5.06. The lowest BCUT2D eigenvalue weighted by Crippen LogP contribution is -2.55. The Bertz CT molecular complexity index is 1100. The molecule has 0 aliphatic heterocycles. The van der Waals surface area contributed by atoms with Crippen LogP contribution >= 0.6 is 0 Å². The van der Waals surface area contributed by atoms with E-state index in [-0.39, 0.29) is 12.5 Å². The Balaban J connectivity index is 2.20. The lowest BCUT2D eigenvalue weighted by atomic mass is 10.0. The molecule has 9 nitrogen and oxygen atoms in total. The molecule has 0 spiro atoms. The first-order chi connectivity index (χ1) is 17.0. The quantitative estimate of drug-likeness (QED) is 0.352. The van der Waals surface area contributed by atoms with Crippen LogP contribution in [0.4, 0.5) is 36.8 Å². The van der Waals surface area contributed by atoms with Gasteiger partial charge >= 0.3 is 24.4 Å². The van der Waals surface area contributed by atoms with Crippen molar-refractivity contribution in [1.29, 1.82) is 0 Å². The summed E-state index contributed by atoms with van der Waals surface area (Å²) < 4.78 is 84.8. The molecule has 37 heavy (non-hydrogen) atoms. The summed E-state index contributed by atoms with van der Waals surface area (Å²) in [4.78, 5) is 41.6. The van der Waals surface area contributed by atoms with E-state index in [4.69, 9.17) is 4.74 Å². The maximum atomic E-state index is 13.1. The molecule has 2 atom stereocenters. The van der Waals surface area contributed by atoms with Gasteiger partial charge in [0.15, 0.2) is 0 Å². The predicted molar refractivity (Wildman–Crippen MR) is 118 cm³/mol. The molecule has 15 heteroatoms. The fourth-order valence-corrected chi connectivity index (χ4v) is 3.25. The molecule has 2 aromatic rings. The zero-order chi connectivity index (χ0) is 28.1. The van der Waals surface area contributed by atoms with Crippen molar-refractivity contribution in [2.75, 3.05) is 12.4 Å². The van der Waals surface area contributed by atoms with E-state index in [1.165, 1.54) is 20.2 Å². The van der Waals surface area contributed by atoms with Crippen LogP contribution in [-0.2, 0) is 40.1 Å². The van der Waals surface area contributed by atoms with Crippen LogP contribution < -0.4 is 16.0 Å². The third kappa shape index (κ3) is 8.39. The molecular formula is C22H25F6N5O4. The number of nitrogens with zero attached hydrogens (tertiary/aromatic N) is 2. The number of urea groups is 1. The zero-order valence-electron chi connectivity index (χ0n) is 20.1. The van der Waals surface area contributed by atoms with Crippen LogP contribution in [0.2, 0.25) is 0 Å². The molecule has 1 unspecified atom stereocenters. The van der Waals surface area contributed by atoms with Crippen LogP contribution in [0.25, 0.3) is 0 Å². The van der Waals surface area contributed by atoms with Gasteiger partial charge in [0.2, 0.25) is 5.91 Å². The second-order valence-electron chi connectivity index (χ2n) is 8.43. The maximum absolute atomic E-state index is 13.1. The highest BCUT2D eigenvalue weighted by molar-refractivity contribution is 5.95. The SMILES string of the molecule is COC(=O)C(Cc1cn(C)cn1)NC(=O)[C@@H](NC(=O)Nc1cc(C(F)(F)F)cc(C(F)(F)F)c1)C(C)C. The number of imidazole rings is 1. The Morgan fingerprint density at radius 1 is 1.00 bits per heavy atom. The number of ether oxygens (including phenoxy) is 1. The highest BCUT2D eigenvalue weighted by Gasteiger charge is 2.37. The Morgan fingerprint density at radius 2 is 1.57 bits per heavy atom. The molecule has 0 fully saturated rings. The molecular weight excluding hydrogens is 512 g/mol. The number of hydrogen-bond donors (Lipinski definition) is 3. The number of esters is 1.